The summed E-state index contributed by atoms with van der Waals surface area (Å²) in [6, 6.07) is 3.53. The Balaban J connectivity index is 1.97. The smallest absolute Gasteiger partial charge is 0.433 e. The van der Waals surface area contributed by atoms with Crippen LogP contribution in [0.25, 0.3) is 22.3 Å². The SMILES string of the molecule is CSCC(C)c1nc2cc(/C(N)=N/C(=O)O)nc(-c3cncc(Cl)c3)c2n1CC1CCCCC1. The molecule has 0 aromatic carbocycles. The number of hydrogen-bond donors (Lipinski definition) is 2. The maximum atomic E-state index is 11.1. The highest BCUT2D eigenvalue weighted by molar-refractivity contribution is 7.98. The number of carbonyl (C=O) groups is 1. The molecule has 34 heavy (non-hydrogen) atoms. The fourth-order valence-electron chi connectivity index (χ4n) is 4.72. The number of pyridine rings is 2. The first-order valence-corrected chi connectivity index (χ1v) is 13.2. The molecule has 1 unspecified atom stereocenters. The zero-order valence-electron chi connectivity index (χ0n) is 19.4. The number of nitrogens with zero attached hydrogens (tertiary/aromatic N) is 5. The molecule has 0 radical (unpaired) electrons. The quantitative estimate of drug-likeness (QED) is 0.321. The van der Waals surface area contributed by atoms with Gasteiger partial charge in [0.25, 0.3) is 0 Å². The Morgan fingerprint density at radius 3 is 2.74 bits per heavy atom. The van der Waals surface area contributed by atoms with Crippen molar-refractivity contribution in [3.63, 3.8) is 0 Å². The van der Waals surface area contributed by atoms with Crippen LogP contribution in [-0.2, 0) is 6.54 Å². The summed E-state index contributed by atoms with van der Waals surface area (Å²) < 4.78 is 2.31. The van der Waals surface area contributed by atoms with Crippen LogP contribution in [0, 0.1) is 5.92 Å². The number of thioether (sulfide) groups is 1. The zero-order chi connectivity index (χ0) is 24.2. The summed E-state index contributed by atoms with van der Waals surface area (Å²) in [4.78, 5) is 28.6. The van der Waals surface area contributed by atoms with Gasteiger partial charge in [0.05, 0.1) is 21.7 Å². The highest BCUT2D eigenvalue weighted by Crippen LogP contribution is 2.35. The minimum Gasteiger partial charge on any atom is -0.463 e. The number of hydrogen-bond acceptors (Lipinski definition) is 5. The van der Waals surface area contributed by atoms with Crippen molar-refractivity contribution in [3.8, 4) is 11.3 Å². The molecule has 180 valence electrons. The number of amidine groups is 1. The fraction of sp³-hybridized carbons (Fsp3) is 0.458. The van der Waals surface area contributed by atoms with E-state index < -0.39 is 6.09 Å². The average Bonchev–Trinajstić information content (AvgIpc) is 3.17. The van der Waals surface area contributed by atoms with E-state index in [1.165, 1.54) is 32.1 Å². The zero-order valence-corrected chi connectivity index (χ0v) is 20.9. The van der Waals surface area contributed by atoms with Gasteiger partial charge in [-0.15, -0.1) is 0 Å². The molecule has 1 atom stereocenters. The monoisotopic (exact) mass is 500 g/mol. The topological polar surface area (TPSA) is 119 Å². The first kappa shape index (κ1) is 24.5. The van der Waals surface area contributed by atoms with Gasteiger partial charge in [0, 0.05) is 36.2 Å². The standard InChI is InChI=1S/C24H29ClN6O2S/c1-14(13-34-2)23-29-18-9-19(22(26)30-24(32)33)28-20(16-8-17(25)11-27-10-16)21(18)31(23)12-15-6-4-3-5-7-15/h8-11,14-15H,3-7,12-13H2,1-2H3,(H2,26,30)(H,32,33). The Kier molecular flexibility index (Phi) is 7.73. The lowest BCUT2D eigenvalue weighted by atomic mass is 9.89. The lowest BCUT2D eigenvalue weighted by molar-refractivity contribution is 0.205. The third-order valence-corrected chi connectivity index (χ3v) is 7.27. The van der Waals surface area contributed by atoms with E-state index in [9.17, 15) is 4.79 Å². The predicted octanol–water partition coefficient (Wildman–Crippen LogP) is 5.58. The Bertz CT molecular complexity index is 1220. The molecule has 10 heteroatoms. The lowest BCUT2D eigenvalue weighted by Crippen LogP contribution is -2.19. The molecule has 3 heterocycles. The average molecular weight is 501 g/mol. The largest absolute Gasteiger partial charge is 0.463 e. The van der Waals surface area contributed by atoms with Crippen LogP contribution in [-0.4, -0.2) is 48.6 Å². The summed E-state index contributed by atoms with van der Waals surface area (Å²) in [5.74, 6) is 2.56. The fourth-order valence-corrected chi connectivity index (χ4v) is 5.55. The van der Waals surface area contributed by atoms with E-state index in [4.69, 9.17) is 32.4 Å². The minimum absolute atomic E-state index is 0.175. The number of aromatic nitrogens is 4. The predicted molar refractivity (Wildman–Crippen MR) is 138 cm³/mol. The van der Waals surface area contributed by atoms with Gasteiger partial charge in [-0.05, 0) is 37.1 Å². The van der Waals surface area contributed by atoms with E-state index in [1.54, 1.807) is 36.3 Å². The van der Waals surface area contributed by atoms with E-state index >= 15 is 0 Å². The first-order valence-electron chi connectivity index (χ1n) is 11.5. The number of fused-ring (bicyclic) bond motifs is 1. The van der Waals surface area contributed by atoms with Crippen LogP contribution < -0.4 is 5.73 Å². The number of amides is 1. The molecular formula is C24H29ClN6O2S. The summed E-state index contributed by atoms with van der Waals surface area (Å²) >= 11 is 8.05. The molecular weight excluding hydrogens is 472 g/mol. The molecule has 0 spiro atoms. The number of imidazole rings is 1. The van der Waals surface area contributed by atoms with Crippen molar-refractivity contribution in [2.45, 2.75) is 51.5 Å². The van der Waals surface area contributed by atoms with Gasteiger partial charge in [-0.2, -0.15) is 16.8 Å². The van der Waals surface area contributed by atoms with Crippen LogP contribution >= 0.6 is 23.4 Å². The number of rotatable bonds is 7. The molecule has 0 bridgehead atoms. The van der Waals surface area contributed by atoms with Crippen molar-refractivity contribution in [2.24, 2.45) is 16.6 Å². The van der Waals surface area contributed by atoms with E-state index in [-0.39, 0.29) is 17.4 Å². The Hall–Kier alpha value is -2.65. The number of carboxylic acid groups (broad SMARTS) is 1. The van der Waals surface area contributed by atoms with Crippen LogP contribution in [0.5, 0.6) is 0 Å². The van der Waals surface area contributed by atoms with Gasteiger partial charge in [-0.1, -0.05) is 37.8 Å². The summed E-state index contributed by atoms with van der Waals surface area (Å²) in [6.45, 7) is 3.05. The van der Waals surface area contributed by atoms with Crippen LogP contribution in [0.4, 0.5) is 4.79 Å². The maximum Gasteiger partial charge on any atom is 0.433 e. The molecule has 4 rings (SSSR count). The molecule has 0 aliphatic heterocycles. The highest BCUT2D eigenvalue weighted by Gasteiger charge is 2.25. The Labute approximate surface area is 208 Å². The third-order valence-electron chi connectivity index (χ3n) is 6.23. The molecule has 0 saturated heterocycles. The molecule has 3 aromatic heterocycles. The Morgan fingerprint density at radius 1 is 1.29 bits per heavy atom. The minimum atomic E-state index is -1.37. The van der Waals surface area contributed by atoms with Gasteiger partial charge in [-0.3, -0.25) is 4.98 Å². The van der Waals surface area contributed by atoms with Crippen molar-refractivity contribution in [1.82, 2.24) is 19.5 Å². The van der Waals surface area contributed by atoms with Crippen LogP contribution in [0.3, 0.4) is 0 Å². The van der Waals surface area contributed by atoms with E-state index in [0.717, 1.165) is 29.2 Å². The van der Waals surface area contributed by atoms with Crippen LogP contribution in [0.1, 0.15) is 56.5 Å². The summed E-state index contributed by atoms with van der Waals surface area (Å²) in [6.07, 6.45) is 10.2. The second-order valence-electron chi connectivity index (χ2n) is 8.84. The Morgan fingerprint density at radius 2 is 2.06 bits per heavy atom. The molecule has 3 N–H and O–H groups in total. The van der Waals surface area contributed by atoms with Crippen LogP contribution in [0.2, 0.25) is 5.02 Å². The molecule has 1 saturated carbocycles. The third kappa shape index (κ3) is 5.36. The second-order valence-corrected chi connectivity index (χ2v) is 10.2. The van der Waals surface area contributed by atoms with Gasteiger partial charge in [0.1, 0.15) is 11.5 Å². The summed E-state index contributed by atoms with van der Waals surface area (Å²) in [5, 5.41) is 9.58. The maximum absolute atomic E-state index is 11.1. The van der Waals surface area contributed by atoms with Gasteiger partial charge in [-0.25, -0.2) is 14.8 Å². The van der Waals surface area contributed by atoms with Gasteiger partial charge in [0.2, 0.25) is 0 Å². The second kappa shape index (κ2) is 10.7. The van der Waals surface area contributed by atoms with Gasteiger partial charge < -0.3 is 15.4 Å². The number of nitrogens with two attached hydrogens (primary N) is 1. The van der Waals surface area contributed by atoms with E-state index in [1.807, 2.05) is 0 Å². The van der Waals surface area contributed by atoms with E-state index in [2.05, 4.69) is 27.7 Å². The van der Waals surface area contributed by atoms with Crippen molar-refractivity contribution < 1.29 is 9.90 Å². The molecule has 1 amide bonds. The van der Waals surface area contributed by atoms with Crippen molar-refractivity contribution in [2.75, 3.05) is 12.0 Å². The van der Waals surface area contributed by atoms with Crippen molar-refractivity contribution >= 4 is 46.3 Å². The van der Waals surface area contributed by atoms with E-state index in [0.29, 0.717) is 22.2 Å². The number of halogens is 1. The molecule has 3 aromatic rings. The first-order chi connectivity index (χ1) is 16.4. The van der Waals surface area contributed by atoms with Gasteiger partial charge >= 0.3 is 6.09 Å². The lowest BCUT2D eigenvalue weighted by Gasteiger charge is -2.24. The summed E-state index contributed by atoms with van der Waals surface area (Å²) in [5.41, 5.74) is 9.20. The molecule has 1 aliphatic carbocycles. The highest BCUT2D eigenvalue weighted by atomic mass is 35.5. The summed E-state index contributed by atoms with van der Waals surface area (Å²) in [7, 11) is 0. The normalized spacial score (nSPS) is 16.1. The number of aliphatic imine (C=N–C) groups is 1. The van der Waals surface area contributed by atoms with Crippen LogP contribution in [0.15, 0.2) is 29.5 Å². The molecule has 1 fully saturated rings. The van der Waals surface area contributed by atoms with Crippen molar-refractivity contribution in [3.05, 3.63) is 41.1 Å². The van der Waals surface area contributed by atoms with Crippen molar-refractivity contribution in [1.29, 1.82) is 0 Å². The molecule has 1 aliphatic rings. The van der Waals surface area contributed by atoms with Gasteiger partial charge in [0.15, 0.2) is 5.84 Å². The molecule has 8 nitrogen and oxygen atoms in total.